The number of hydrogen-bond donors (Lipinski definition) is 1. The van der Waals surface area contributed by atoms with Gasteiger partial charge in [-0.05, 0) is 64.2 Å². The fraction of sp³-hybridized carbons (Fsp3) is 1.00. The van der Waals surface area contributed by atoms with Crippen molar-refractivity contribution in [3.05, 3.63) is 0 Å². The molecule has 0 saturated carbocycles. The molecule has 0 spiro atoms. The number of rotatable bonds is 7. The van der Waals surface area contributed by atoms with Gasteiger partial charge < -0.3 is 10.2 Å². The molecule has 2 nitrogen and oxygen atoms in total. The van der Waals surface area contributed by atoms with Crippen LogP contribution in [-0.4, -0.2) is 37.1 Å². The summed E-state index contributed by atoms with van der Waals surface area (Å²) in [5.41, 5.74) is 0. The minimum Gasteiger partial charge on any atom is -0.314 e. The van der Waals surface area contributed by atoms with Crippen LogP contribution in [0.2, 0.25) is 0 Å². The van der Waals surface area contributed by atoms with Crippen LogP contribution >= 0.6 is 0 Å². The van der Waals surface area contributed by atoms with E-state index in [-0.39, 0.29) is 0 Å². The molecule has 2 atom stereocenters. The van der Waals surface area contributed by atoms with E-state index in [4.69, 9.17) is 0 Å². The molecule has 1 aliphatic rings. The van der Waals surface area contributed by atoms with Crippen molar-refractivity contribution in [1.29, 1.82) is 0 Å². The highest BCUT2D eigenvalue weighted by Crippen LogP contribution is 2.15. The van der Waals surface area contributed by atoms with E-state index in [1.807, 2.05) is 0 Å². The average molecular weight is 240 g/mol. The number of nitrogens with one attached hydrogen (secondary N) is 1. The SMILES string of the molecule is CCC(C)C(C)NCCCN1CCC(C)CC1. The van der Waals surface area contributed by atoms with Gasteiger partial charge in [0, 0.05) is 6.04 Å². The van der Waals surface area contributed by atoms with Crippen LogP contribution in [0.4, 0.5) is 0 Å². The zero-order valence-corrected chi connectivity index (χ0v) is 12.3. The number of nitrogens with zero attached hydrogens (tertiary/aromatic N) is 1. The summed E-state index contributed by atoms with van der Waals surface area (Å²) in [6, 6.07) is 0.668. The van der Waals surface area contributed by atoms with Crippen LogP contribution in [0, 0.1) is 11.8 Å². The smallest absolute Gasteiger partial charge is 0.00642 e. The predicted molar refractivity (Wildman–Crippen MR) is 76.4 cm³/mol. The molecule has 0 aromatic heterocycles. The van der Waals surface area contributed by atoms with Gasteiger partial charge in [-0.1, -0.05) is 27.2 Å². The Morgan fingerprint density at radius 1 is 1.24 bits per heavy atom. The lowest BCUT2D eigenvalue weighted by molar-refractivity contribution is 0.189. The first kappa shape index (κ1) is 15.0. The van der Waals surface area contributed by atoms with E-state index in [0.717, 1.165) is 11.8 Å². The maximum Gasteiger partial charge on any atom is 0.00642 e. The van der Waals surface area contributed by atoms with Crippen molar-refractivity contribution in [2.24, 2.45) is 11.8 Å². The van der Waals surface area contributed by atoms with Crippen LogP contribution in [0.1, 0.15) is 53.4 Å². The molecular weight excluding hydrogens is 208 g/mol. The molecule has 102 valence electrons. The minimum absolute atomic E-state index is 0.668. The molecule has 1 aliphatic heterocycles. The second-order valence-electron chi connectivity index (χ2n) is 6.01. The molecule has 0 aromatic carbocycles. The van der Waals surface area contributed by atoms with E-state index >= 15 is 0 Å². The van der Waals surface area contributed by atoms with Crippen LogP contribution < -0.4 is 5.32 Å². The Bertz CT molecular complexity index is 185. The van der Waals surface area contributed by atoms with E-state index in [9.17, 15) is 0 Å². The van der Waals surface area contributed by atoms with Crippen molar-refractivity contribution < 1.29 is 0 Å². The highest BCUT2D eigenvalue weighted by atomic mass is 15.1. The van der Waals surface area contributed by atoms with Crippen LogP contribution in [0.15, 0.2) is 0 Å². The second kappa shape index (κ2) is 8.10. The van der Waals surface area contributed by atoms with E-state index in [2.05, 4.69) is 37.9 Å². The summed E-state index contributed by atoms with van der Waals surface area (Å²) in [5, 5.41) is 3.65. The van der Waals surface area contributed by atoms with Crippen LogP contribution in [0.3, 0.4) is 0 Å². The van der Waals surface area contributed by atoms with Crippen LogP contribution in [0.5, 0.6) is 0 Å². The summed E-state index contributed by atoms with van der Waals surface area (Å²) in [6.45, 7) is 14.4. The maximum atomic E-state index is 3.65. The Labute approximate surface area is 108 Å². The van der Waals surface area contributed by atoms with Gasteiger partial charge in [-0.3, -0.25) is 0 Å². The molecule has 1 heterocycles. The van der Waals surface area contributed by atoms with Gasteiger partial charge in [0.15, 0.2) is 0 Å². The third kappa shape index (κ3) is 5.87. The zero-order valence-electron chi connectivity index (χ0n) is 12.3. The van der Waals surface area contributed by atoms with E-state index in [1.165, 1.54) is 51.9 Å². The molecule has 2 heteroatoms. The van der Waals surface area contributed by atoms with Gasteiger partial charge in [-0.2, -0.15) is 0 Å². The normalized spacial score (nSPS) is 22.6. The molecule has 2 unspecified atom stereocenters. The largest absolute Gasteiger partial charge is 0.314 e. The highest BCUT2D eigenvalue weighted by Gasteiger charge is 2.15. The van der Waals surface area contributed by atoms with Gasteiger partial charge in [-0.25, -0.2) is 0 Å². The summed E-state index contributed by atoms with van der Waals surface area (Å²) < 4.78 is 0. The topological polar surface area (TPSA) is 15.3 Å². The van der Waals surface area contributed by atoms with Crippen molar-refractivity contribution in [2.45, 2.75) is 59.4 Å². The van der Waals surface area contributed by atoms with Gasteiger partial charge >= 0.3 is 0 Å². The van der Waals surface area contributed by atoms with E-state index in [1.54, 1.807) is 0 Å². The fourth-order valence-electron chi connectivity index (χ4n) is 2.47. The van der Waals surface area contributed by atoms with Gasteiger partial charge in [0.25, 0.3) is 0 Å². The Morgan fingerprint density at radius 2 is 1.88 bits per heavy atom. The summed E-state index contributed by atoms with van der Waals surface area (Å²) in [7, 11) is 0. The first-order valence-corrected chi connectivity index (χ1v) is 7.59. The number of likely N-dealkylation sites (tertiary alicyclic amines) is 1. The molecule has 0 amide bonds. The van der Waals surface area contributed by atoms with Crippen LogP contribution in [-0.2, 0) is 0 Å². The van der Waals surface area contributed by atoms with Crippen molar-refractivity contribution in [3.8, 4) is 0 Å². The molecular formula is C15H32N2. The first-order valence-electron chi connectivity index (χ1n) is 7.59. The van der Waals surface area contributed by atoms with Crippen molar-refractivity contribution in [2.75, 3.05) is 26.2 Å². The lowest BCUT2D eigenvalue weighted by Crippen LogP contribution is -2.37. The van der Waals surface area contributed by atoms with Gasteiger partial charge in [0.2, 0.25) is 0 Å². The molecule has 1 N–H and O–H groups in total. The number of hydrogen-bond acceptors (Lipinski definition) is 2. The standard InChI is InChI=1S/C15H32N2/c1-5-14(3)15(4)16-9-6-10-17-11-7-13(2)8-12-17/h13-16H,5-12H2,1-4H3. The summed E-state index contributed by atoms with van der Waals surface area (Å²) in [5.74, 6) is 1.75. The molecule has 0 aliphatic carbocycles. The Balaban J connectivity index is 2.00. The molecule has 0 radical (unpaired) electrons. The lowest BCUT2D eigenvalue weighted by atomic mass is 9.99. The predicted octanol–water partition coefficient (Wildman–Crippen LogP) is 3.13. The Morgan fingerprint density at radius 3 is 2.47 bits per heavy atom. The Hall–Kier alpha value is -0.0800. The van der Waals surface area contributed by atoms with Crippen molar-refractivity contribution >= 4 is 0 Å². The lowest BCUT2D eigenvalue weighted by Gasteiger charge is -2.30. The fourth-order valence-corrected chi connectivity index (χ4v) is 2.47. The van der Waals surface area contributed by atoms with Crippen molar-refractivity contribution in [1.82, 2.24) is 10.2 Å². The monoisotopic (exact) mass is 240 g/mol. The van der Waals surface area contributed by atoms with Gasteiger partial charge in [0.05, 0.1) is 0 Å². The second-order valence-corrected chi connectivity index (χ2v) is 6.01. The zero-order chi connectivity index (χ0) is 12.7. The molecule has 17 heavy (non-hydrogen) atoms. The number of piperidine rings is 1. The molecule has 1 fully saturated rings. The van der Waals surface area contributed by atoms with Crippen LogP contribution in [0.25, 0.3) is 0 Å². The minimum atomic E-state index is 0.668. The maximum absolute atomic E-state index is 3.65. The first-order chi connectivity index (χ1) is 8.13. The molecule has 1 rings (SSSR count). The summed E-state index contributed by atoms with van der Waals surface area (Å²) in [4.78, 5) is 2.63. The van der Waals surface area contributed by atoms with E-state index in [0.29, 0.717) is 6.04 Å². The average Bonchev–Trinajstić information content (AvgIpc) is 2.35. The molecule has 1 saturated heterocycles. The van der Waals surface area contributed by atoms with Gasteiger partial charge in [0.1, 0.15) is 0 Å². The quantitative estimate of drug-likeness (QED) is 0.688. The third-order valence-electron chi connectivity index (χ3n) is 4.49. The van der Waals surface area contributed by atoms with E-state index < -0.39 is 0 Å². The summed E-state index contributed by atoms with van der Waals surface area (Å²) in [6.07, 6.45) is 5.38. The van der Waals surface area contributed by atoms with Crippen molar-refractivity contribution in [3.63, 3.8) is 0 Å². The Kier molecular flexibility index (Phi) is 7.14. The molecule has 0 aromatic rings. The van der Waals surface area contributed by atoms with Gasteiger partial charge in [-0.15, -0.1) is 0 Å². The molecule has 0 bridgehead atoms. The highest BCUT2D eigenvalue weighted by molar-refractivity contribution is 4.71. The third-order valence-corrected chi connectivity index (χ3v) is 4.49. The summed E-state index contributed by atoms with van der Waals surface area (Å²) >= 11 is 0.